The van der Waals surface area contributed by atoms with Gasteiger partial charge in [0.1, 0.15) is 6.04 Å². The molecule has 0 saturated carbocycles. The molecule has 0 aliphatic rings. The van der Waals surface area contributed by atoms with Crippen molar-refractivity contribution in [3.05, 3.63) is 0 Å². The van der Waals surface area contributed by atoms with Gasteiger partial charge in [-0.2, -0.15) is 17.9 Å². The van der Waals surface area contributed by atoms with Gasteiger partial charge in [-0.1, -0.05) is 0 Å². The van der Waals surface area contributed by atoms with E-state index in [9.17, 15) is 18.0 Å². The van der Waals surface area contributed by atoms with Crippen molar-refractivity contribution in [1.82, 2.24) is 9.44 Å². The quantitative estimate of drug-likeness (QED) is 0.421. The highest BCUT2D eigenvalue weighted by Crippen LogP contribution is 1.95. The van der Waals surface area contributed by atoms with Crippen LogP contribution < -0.4 is 15.2 Å². The van der Waals surface area contributed by atoms with Crippen LogP contribution in [0.5, 0.6) is 0 Å². The molecular formula is C7H15N3O5S. The van der Waals surface area contributed by atoms with Crippen LogP contribution in [0.25, 0.3) is 0 Å². The Morgan fingerprint density at radius 2 is 1.81 bits per heavy atom. The number of carboxylic acids is 1. The minimum Gasteiger partial charge on any atom is -0.480 e. The van der Waals surface area contributed by atoms with Crippen LogP contribution in [-0.4, -0.2) is 37.5 Å². The van der Waals surface area contributed by atoms with Crippen molar-refractivity contribution < 1.29 is 23.1 Å². The second-order valence-electron chi connectivity index (χ2n) is 3.46. The Hall–Kier alpha value is -1.19. The predicted octanol–water partition coefficient (Wildman–Crippen LogP) is -1.85. The van der Waals surface area contributed by atoms with E-state index in [1.54, 1.807) is 13.8 Å². The fourth-order valence-electron chi connectivity index (χ4n) is 0.912. The van der Waals surface area contributed by atoms with E-state index in [1.807, 2.05) is 4.72 Å². The fourth-order valence-corrected chi connectivity index (χ4v) is 2.16. The van der Waals surface area contributed by atoms with Crippen molar-refractivity contribution in [1.29, 1.82) is 0 Å². The molecule has 0 aromatic rings. The maximum absolute atomic E-state index is 11.3. The van der Waals surface area contributed by atoms with E-state index >= 15 is 0 Å². The summed E-state index contributed by atoms with van der Waals surface area (Å²) < 4.78 is 26.5. The third-order valence-corrected chi connectivity index (χ3v) is 2.77. The van der Waals surface area contributed by atoms with Crippen molar-refractivity contribution in [2.45, 2.75) is 32.4 Å². The zero-order chi connectivity index (χ0) is 12.9. The molecule has 16 heavy (non-hydrogen) atoms. The normalized spacial score (nSPS) is 13.7. The van der Waals surface area contributed by atoms with Crippen LogP contribution in [-0.2, 0) is 19.8 Å². The molecular weight excluding hydrogens is 238 g/mol. The molecule has 0 spiro atoms. The van der Waals surface area contributed by atoms with Gasteiger partial charge in [0.2, 0.25) is 5.91 Å². The number of carbonyl (C=O) groups excluding carboxylic acids is 1. The van der Waals surface area contributed by atoms with Crippen LogP contribution in [0.4, 0.5) is 0 Å². The third kappa shape index (κ3) is 6.32. The van der Waals surface area contributed by atoms with Gasteiger partial charge >= 0.3 is 5.97 Å². The summed E-state index contributed by atoms with van der Waals surface area (Å²) in [5.41, 5.74) is 4.79. The number of rotatable bonds is 7. The largest absolute Gasteiger partial charge is 0.480 e. The molecule has 0 unspecified atom stereocenters. The lowest BCUT2D eigenvalue weighted by Gasteiger charge is -2.15. The lowest BCUT2D eigenvalue weighted by molar-refractivity contribution is -0.140. The van der Waals surface area contributed by atoms with E-state index in [0.29, 0.717) is 0 Å². The molecule has 0 aliphatic heterocycles. The van der Waals surface area contributed by atoms with Crippen molar-refractivity contribution in [2.75, 3.05) is 0 Å². The molecule has 9 heteroatoms. The first-order valence-corrected chi connectivity index (χ1v) is 5.93. The highest BCUT2D eigenvalue weighted by Gasteiger charge is 2.25. The van der Waals surface area contributed by atoms with Gasteiger partial charge in [-0.3, -0.25) is 9.59 Å². The van der Waals surface area contributed by atoms with E-state index in [1.165, 1.54) is 0 Å². The molecule has 1 amide bonds. The van der Waals surface area contributed by atoms with Crippen LogP contribution >= 0.6 is 0 Å². The van der Waals surface area contributed by atoms with Gasteiger partial charge in [0.25, 0.3) is 10.2 Å². The molecule has 0 bridgehead atoms. The lowest BCUT2D eigenvalue weighted by Crippen LogP contribution is -2.49. The molecule has 5 N–H and O–H groups in total. The summed E-state index contributed by atoms with van der Waals surface area (Å²) in [7, 11) is -3.96. The highest BCUT2D eigenvalue weighted by atomic mass is 32.2. The summed E-state index contributed by atoms with van der Waals surface area (Å²) in [6, 6.07) is -1.95. The molecule has 1 atom stereocenters. The zero-order valence-corrected chi connectivity index (χ0v) is 9.74. The molecule has 0 heterocycles. The molecule has 0 saturated heterocycles. The first-order chi connectivity index (χ1) is 7.14. The van der Waals surface area contributed by atoms with Crippen molar-refractivity contribution in [3.8, 4) is 0 Å². The number of amides is 1. The number of carbonyl (C=O) groups is 2. The molecule has 0 aromatic heterocycles. The maximum Gasteiger partial charge on any atom is 0.322 e. The molecule has 0 rings (SSSR count). The summed E-state index contributed by atoms with van der Waals surface area (Å²) in [5, 5.41) is 8.66. The summed E-state index contributed by atoms with van der Waals surface area (Å²) in [6.45, 7) is 3.15. The SMILES string of the molecule is CC(C)NS(=O)(=O)N[C@@H](CC(N)=O)C(=O)O. The summed E-state index contributed by atoms with van der Waals surface area (Å²) in [6.07, 6.45) is -0.603. The molecule has 0 fully saturated rings. The van der Waals surface area contributed by atoms with E-state index in [0.717, 1.165) is 0 Å². The van der Waals surface area contributed by atoms with Gasteiger partial charge in [0.05, 0.1) is 6.42 Å². The van der Waals surface area contributed by atoms with Crippen LogP contribution in [0.1, 0.15) is 20.3 Å². The second-order valence-corrected chi connectivity index (χ2v) is 4.93. The van der Waals surface area contributed by atoms with Crippen LogP contribution in [0.2, 0.25) is 0 Å². The average Bonchev–Trinajstić information content (AvgIpc) is 1.98. The van der Waals surface area contributed by atoms with Gasteiger partial charge in [-0.15, -0.1) is 0 Å². The number of aliphatic carboxylic acids is 1. The van der Waals surface area contributed by atoms with Gasteiger partial charge in [-0.05, 0) is 13.8 Å². The standard InChI is InChI=1S/C7H15N3O5S/c1-4(2)9-16(14,15)10-5(7(12)13)3-6(8)11/h4-5,9-10H,3H2,1-2H3,(H2,8,11)(H,12,13)/t5-/m0/s1. The van der Waals surface area contributed by atoms with E-state index < -0.39 is 34.5 Å². The van der Waals surface area contributed by atoms with Gasteiger partial charge < -0.3 is 10.8 Å². The Balaban J connectivity index is 4.63. The van der Waals surface area contributed by atoms with E-state index in [-0.39, 0.29) is 6.04 Å². The Kier molecular flexibility index (Phi) is 5.35. The van der Waals surface area contributed by atoms with E-state index in [2.05, 4.69) is 4.72 Å². The topological polar surface area (TPSA) is 139 Å². The van der Waals surface area contributed by atoms with Gasteiger partial charge in [-0.25, -0.2) is 0 Å². The maximum atomic E-state index is 11.3. The highest BCUT2D eigenvalue weighted by molar-refractivity contribution is 7.87. The average molecular weight is 253 g/mol. The Labute approximate surface area is 93.4 Å². The number of carboxylic acid groups (broad SMARTS) is 1. The summed E-state index contributed by atoms with van der Waals surface area (Å²) in [4.78, 5) is 21.2. The third-order valence-electron chi connectivity index (χ3n) is 1.39. The van der Waals surface area contributed by atoms with E-state index in [4.69, 9.17) is 10.8 Å². The minimum absolute atomic E-state index is 0.388. The first-order valence-electron chi connectivity index (χ1n) is 4.44. The van der Waals surface area contributed by atoms with Crippen LogP contribution in [0.15, 0.2) is 0 Å². The Morgan fingerprint density at radius 1 is 1.31 bits per heavy atom. The molecule has 0 aromatic carbocycles. The second kappa shape index (κ2) is 5.77. The van der Waals surface area contributed by atoms with Crippen molar-refractivity contribution in [2.24, 2.45) is 5.73 Å². The smallest absolute Gasteiger partial charge is 0.322 e. The Morgan fingerprint density at radius 3 is 2.12 bits per heavy atom. The summed E-state index contributed by atoms with van der Waals surface area (Å²) in [5.74, 6) is -2.37. The number of nitrogens with one attached hydrogen (secondary N) is 2. The van der Waals surface area contributed by atoms with Crippen molar-refractivity contribution in [3.63, 3.8) is 0 Å². The minimum atomic E-state index is -3.96. The number of hydrogen-bond acceptors (Lipinski definition) is 4. The number of primary amides is 1. The first kappa shape index (κ1) is 14.8. The molecule has 94 valence electrons. The molecule has 8 nitrogen and oxygen atoms in total. The molecule has 0 radical (unpaired) electrons. The monoisotopic (exact) mass is 253 g/mol. The summed E-state index contributed by atoms with van der Waals surface area (Å²) >= 11 is 0. The fraction of sp³-hybridized carbons (Fsp3) is 0.714. The zero-order valence-electron chi connectivity index (χ0n) is 8.93. The van der Waals surface area contributed by atoms with Gasteiger partial charge in [0, 0.05) is 6.04 Å². The predicted molar refractivity (Wildman–Crippen MR) is 55.6 cm³/mol. The van der Waals surface area contributed by atoms with Crippen LogP contribution in [0, 0.1) is 0 Å². The number of nitrogens with two attached hydrogens (primary N) is 1. The van der Waals surface area contributed by atoms with Crippen LogP contribution in [0.3, 0.4) is 0 Å². The number of hydrogen-bond donors (Lipinski definition) is 4. The molecule has 0 aliphatic carbocycles. The Bertz CT molecular complexity index is 364. The lowest BCUT2D eigenvalue weighted by atomic mass is 10.2. The van der Waals surface area contributed by atoms with Gasteiger partial charge in [0.15, 0.2) is 0 Å². The van der Waals surface area contributed by atoms with Crippen molar-refractivity contribution >= 4 is 22.1 Å².